The minimum absolute atomic E-state index is 0.145. The number of primary amides is 1. The van der Waals surface area contributed by atoms with Crippen LogP contribution in [0.2, 0.25) is 0 Å². The number of rotatable bonds is 6. The summed E-state index contributed by atoms with van der Waals surface area (Å²) < 4.78 is 42.6. The zero-order valence-corrected chi connectivity index (χ0v) is 13.7. The van der Waals surface area contributed by atoms with Gasteiger partial charge in [-0.25, -0.2) is 17.6 Å². The largest absolute Gasteiger partial charge is 0.445 e. The van der Waals surface area contributed by atoms with Gasteiger partial charge in [-0.1, -0.05) is 12.1 Å². The van der Waals surface area contributed by atoms with Gasteiger partial charge in [0, 0.05) is 18.0 Å². The lowest BCUT2D eigenvalue weighted by Crippen LogP contribution is -2.13. The van der Waals surface area contributed by atoms with E-state index in [9.17, 15) is 17.6 Å². The fourth-order valence-electron chi connectivity index (χ4n) is 1.94. The van der Waals surface area contributed by atoms with Crippen LogP contribution < -0.4 is 5.73 Å². The summed E-state index contributed by atoms with van der Waals surface area (Å²) in [7, 11) is -3.31. The summed E-state index contributed by atoms with van der Waals surface area (Å²) in [5.41, 5.74) is 6.08. The lowest BCUT2D eigenvalue weighted by molar-refractivity contribution is 0.168. The van der Waals surface area contributed by atoms with Crippen LogP contribution in [-0.4, -0.2) is 37.2 Å². The minimum atomic E-state index is -3.31. The molecule has 9 heteroatoms. The first-order chi connectivity index (χ1) is 11.3. The average Bonchev–Trinajstić information content (AvgIpc) is 2.94. The topological polar surface area (TPSA) is 104 Å². The summed E-state index contributed by atoms with van der Waals surface area (Å²) in [4.78, 5) is 10.6. The predicted molar refractivity (Wildman–Crippen MR) is 85.5 cm³/mol. The molecule has 0 aliphatic heterocycles. The third-order valence-electron chi connectivity index (χ3n) is 3.07. The van der Waals surface area contributed by atoms with E-state index in [1.54, 1.807) is 18.3 Å². The summed E-state index contributed by atoms with van der Waals surface area (Å²) in [6.45, 7) is -0.403. The highest BCUT2D eigenvalue weighted by Gasteiger charge is 2.10. The maximum Gasteiger partial charge on any atom is 0.404 e. The molecule has 2 N–H and O–H groups in total. The van der Waals surface area contributed by atoms with Crippen LogP contribution in [0.4, 0.5) is 9.18 Å². The van der Waals surface area contributed by atoms with Gasteiger partial charge in [-0.15, -0.1) is 0 Å². The SMILES string of the molecule is CS(=O)(=O)c1cccc(-c2cnn(C/C(F)=C/COC(N)=O)c2)c1. The monoisotopic (exact) mass is 353 g/mol. The van der Waals surface area contributed by atoms with E-state index >= 15 is 0 Å². The van der Waals surface area contributed by atoms with Gasteiger partial charge in [0.05, 0.1) is 17.6 Å². The normalized spacial score (nSPS) is 12.2. The van der Waals surface area contributed by atoms with Crippen molar-refractivity contribution >= 4 is 15.9 Å². The Balaban J connectivity index is 2.12. The van der Waals surface area contributed by atoms with E-state index in [-0.39, 0.29) is 18.0 Å². The molecular weight excluding hydrogens is 337 g/mol. The Kier molecular flexibility index (Phi) is 5.35. The standard InChI is InChI=1S/C15H16FN3O4S/c1-24(21,22)14-4-2-3-11(7-14)12-8-18-19(9-12)10-13(16)5-6-23-15(17)20/h2-5,7-9H,6,10H2,1H3,(H2,17,20)/b13-5-. The second kappa shape index (κ2) is 7.26. The smallest absolute Gasteiger partial charge is 0.404 e. The third kappa shape index (κ3) is 4.92. The molecule has 1 aromatic carbocycles. The molecule has 1 heterocycles. The van der Waals surface area contributed by atoms with Crippen LogP contribution in [0.15, 0.2) is 53.5 Å². The van der Waals surface area contributed by atoms with Crippen LogP contribution in [0.25, 0.3) is 11.1 Å². The molecule has 0 spiro atoms. The Bertz CT molecular complexity index is 874. The van der Waals surface area contributed by atoms with E-state index < -0.39 is 21.8 Å². The molecule has 7 nitrogen and oxygen atoms in total. The van der Waals surface area contributed by atoms with Crippen molar-refractivity contribution in [1.29, 1.82) is 0 Å². The van der Waals surface area contributed by atoms with Crippen molar-refractivity contribution < 1.29 is 22.3 Å². The number of halogens is 1. The lowest BCUT2D eigenvalue weighted by Gasteiger charge is -2.02. The van der Waals surface area contributed by atoms with Crippen LogP contribution in [0, 0.1) is 0 Å². The number of nitrogens with zero attached hydrogens (tertiary/aromatic N) is 2. The number of hydrogen-bond donors (Lipinski definition) is 1. The molecule has 0 saturated carbocycles. The Morgan fingerprint density at radius 2 is 2.17 bits per heavy atom. The van der Waals surface area contributed by atoms with Gasteiger partial charge < -0.3 is 10.5 Å². The number of carbonyl (C=O) groups excluding carboxylic acids is 1. The van der Waals surface area contributed by atoms with E-state index in [2.05, 4.69) is 9.84 Å². The molecule has 0 fully saturated rings. The molecule has 0 atom stereocenters. The molecule has 0 aliphatic carbocycles. The zero-order valence-electron chi connectivity index (χ0n) is 12.8. The van der Waals surface area contributed by atoms with Crippen LogP contribution in [0.3, 0.4) is 0 Å². The number of carbonyl (C=O) groups is 1. The predicted octanol–water partition coefficient (Wildman–Crippen LogP) is 1.90. The molecule has 1 amide bonds. The summed E-state index contributed by atoms with van der Waals surface area (Å²) in [5, 5.41) is 4.02. The summed E-state index contributed by atoms with van der Waals surface area (Å²) >= 11 is 0. The van der Waals surface area contributed by atoms with Crippen LogP contribution >= 0.6 is 0 Å². The first-order valence-corrected chi connectivity index (χ1v) is 8.74. The Morgan fingerprint density at radius 1 is 1.42 bits per heavy atom. The number of aromatic nitrogens is 2. The highest BCUT2D eigenvalue weighted by Crippen LogP contribution is 2.22. The summed E-state index contributed by atoms with van der Waals surface area (Å²) in [6, 6.07) is 6.40. The van der Waals surface area contributed by atoms with Gasteiger partial charge in [-0.2, -0.15) is 5.10 Å². The van der Waals surface area contributed by atoms with E-state index in [1.165, 1.54) is 23.0 Å². The van der Waals surface area contributed by atoms with Crippen LogP contribution in [0.5, 0.6) is 0 Å². The maximum atomic E-state index is 13.7. The number of ether oxygens (including phenoxy) is 1. The van der Waals surface area contributed by atoms with Crippen molar-refractivity contribution in [1.82, 2.24) is 9.78 Å². The average molecular weight is 353 g/mol. The Morgan fingerprint density at radius 3 is 2.83 bits per heavy atom. The van der Waals surface area contributed by atoms with E-state index in [0.29, 0.717) is 11.1 Å². The van der Waals surface area contributed by atoms with Gasteiger partial charge in [0.1, 0.15) is 12.4 Å². The van der Waals surface area contributed by atoms with E-state index in [0.717, 1.165) is 12.3 Å². The molecule has 0 bridgehead atoms. The van der Waals surface area contributed by atoms with Crippen LogP contribution in [-0.2, 0) is 21.1 Å². The van der Waals surface area contributed by atoms with E-state index in [4.69, 9.17) is 5.73 Å². The number of nitrogens with two attached hydrogens (primary N) is 1. The van der Waals surface area contributed by atoms with Crippen molar-refractivity contribution in [2.45, 2.75) is 11.4 Å². The first-order valence-electron chi connectivity index (χ1n) is 6.85. The Hall–Kier alpha value is -2.68. The summed E-state index contributed by atoms with van der Waals surface area (Å²) in [5.74, 6) is -0.546. The van der Waals surface area contributed by atoms with Crippen LogP contribution in [0.1, 0.15) is 0 Å². The van der Waals surface area contributed by atoms with Crippen molar-refractivity contribution in [2.24, 2.45) is 5.73 Å². The van der Waals surface area contributed by atoms with Gasteiger partial charge in [-0.3, -0.25) is 4.68 Å². The molecule has 0 aliphatic rings. The number of benzene rings is 1. The molecule has 1 aromatic heterocycles. The molecule has 24 heavy (non-hydrogen) atoms. The fourth-order valence-corrected chi connectivity index (χ4v) is 2.61. The second-order valence-electron chi connectivity index (χ2n) is 5.01. The lowest BCUT2D eigenvalue weighted by atomic mass is 10.1. The Labute approximate surface area is 138 Å². The molecule has 0 saturated heterocycles. The number of hydrogen-bond acceptors (Lipinski definition) is 5. The van der Waals surface area contributed by atoms with Gasteiger partial charge in [-0.05, 0) is 23.8 Å². The molecule has 2 aromatic rings. The number of amides is 1. The number of allylic oxidation sites excluding steroid dienone is 1. The highest BCUT2D eigenvalue weighted by molar-refractivity contribution is 7.90. The minimum Gasteiger partial charge on any atom is -0.445 e. The highest BCUT2D eigenvalue weighted by atomic mass is 32.2. The van der Waals surface area contributed by atoms with Gasteiger partial charge in [0.25, 0.3) is 0 Å². The van der Waals surface area contributed by atoms with Crippen molar-refractivity contribution in [3.8, 4) is 11.1 Å². The fraction of sp³-hybridized carbons (Fsp3) is 0.200. The zero-order chi connectivity index (χ0) is 17.7. The van der Waals surface area contributed by atoms with Gasteiger partial charge in [0.15, 0.2) is 9.84 Å². The third-order valence-corrected chi connectivity index (χ3v) is 4.18. The first kappa shape index (κ1) is 17.7. The van der Waals surface area contributed by atoms with E-state index in [1.807, 2.05) is 0 Å². The maximum absolute atomic E-state index is 13.7. The molecular formula is C15H16FN3O4S. The van der Waals surface area contributed by atoms with Crippen molar-refractivity contribution in [3.05, 3.63) is 48.6 Å². The van der Waals surface area contributed by atoms with Gasteiger partial charge in [0.2, 0.25) is 0 Å². The molecule has 0 radical (unpaired) electrons. The quantitative estimate of drug-likeness (QED) is 0.854. The van der Waals surface area contributed by atoms with Crippen molar-refractivity contribution in [3.63, 3.8) is 0 Å². The summed E-state index contributed by atoms with van der Waals surface area (Å²) in [6.07, 6.45) is 4.32. The number of sulfone groups is 1. The molecule has 128 valence electrons. The molecule has 2 rings (SSSR count). The van der Waals surface area contributed by atoms with Gasteiger partial charge >= 0.3 is 6.09 Å². The molecule has 0 unspecified atom stereocenters. The van der Waals surface area contributed by atoms with Crippen molar-refractivity contribution in [2.75, 3.05) is 12.9 Å². The second-order valence-corrected chi connectivity index (χ2v) is 7.02.